The molecule has 5 heteroatoms. The second-order valence-corrected chi connectivity index (χ2v) is 5.71. The maximum atomic E-state index is 6.40. The fraction of sp³-hybridized carbons (Fsp3) is 0.600. The summed E-state index contributed by atoms with van der Waals surface area (Å²) in [5, 5.41) is 0.734. The largest absolute Gasteiger partial charge is 0.496 e. The molecule has 2 rings (SSSR count). The van der Waals surface area contributed by atoms with Gasteiger partial charge in [-0.3, -0.25) is 4.90 Å². The van der Waals surface area contributed by atoms with Gasteiger partial charge in [-0.05, 0) is 32.1 Å². The lowest BCUT2D eigenvalue weighted by molar-refractivity contribution is 0.204. The molecular weight excluding hydrogens is 274 g/mol. The summed E-state index contributed by atoms with van der Waals surface area (Å²) < 4.78 is 5.48. The molecule has 0 saturated carbocycles. The van der Waals surface area contributed by atoms with Crippen LogP contribution in [0.1, 0.15) is 18.0 Å². The van der Waals surface area contributed by atoms with E-state index in [1.807, 2.05) is 18.2 Å². The lowest BCUT2D eigenvalue weighted by Gasteiger charge is -2.31. The third-order valence-electron chi connectivity index (χ3n) is 3.98. The number of nitrogens with zero attached hydrogens (tertiary/aromatic N) is 2. The summed E-state index contributed by atoms with van der Waals surface area (Å²) >= 11 is 6.40. The molecule has 0 aromatic heterocycles. The lowest BCUT2D eigenvalue weighted by atomic mass is 10.0. The minimum atomic E-state index is 0.116. The zero-order valence-electron chi connectivity index (χ0n) is 12.3. The molecule has 1 unspecified atom stereocenters. The van der Waals surface area contributed by atoms with Gasteiger partial charge in [0, 0.05) is 36.8 Å². The highest BCUT2D eigenvalue weighted by Crippen LogP contribution is 2.35. The maximum absolute atomic E-state index is 6.40. The summed E-state index contributed by atoms with van der Waals surface area (Å²) in [4.78, 5) is 4.78. The van der Waals surface area contributed by atoms with E-state index in [0.717, 1.165) is 48.9 Å². The average Bonchev–Trinajstić information content (AvgIpc) is 2.66. The Labute approximate surface area is 126 Å². The van der Waals surface area contributed by atoms with Crippen LogP contribution in [0.15, 0.2) is 18.2 Å². The molecule has 1 atom stereocenters. The number of halogens is 1. The topological polar surface area (TPSA) is 41.7 Å². The van der Waals surface area contributed by atoms with Crippen LogP contribution in [-0.2, 0) is 0 Å². The lowest BCUT2D eigenvalue weighted by Crippen LogP contribution is -2.36. The Morgan fingerprint density at radius 3 is 2.80 bits per heavy atom. The number of hydrogen-bond acceptors (Lipinski definition) is 4. The highest BCUT2D eigenvalue weighted by molar-refractivity contribution is 6.31. The van der Waals surface area contributed by atoms with Crippen LogP contribution in [0.4, 0.5) is 0 Å². The zero-order chi connectivity index (χ0) is 14.5. The van der Waals surface area contributed by atoms with Gasteiger partial charge in [0.15, 0.2) is 0 Å². The molecule has 2 N–H and O–H groups in total. The molecule has 1 aliphatic rings. The van der Waals surface area contributed by atoms with Crippen molar-refractivity contribution in [1.29, 1.82) is 0 Å². The Morgan fingerprint density at radius 1 is 1.30 bits per heavy atom. The molecule has 0 spiro atoms. The summed E-state index contributed by atoms with van der Waals surface area (Å²) in [7, 11) is 3.84. The molecule has 1 heterocycles. The summed E-state index contributed by atoms with van der Waals surface area (Å²) in [5.74, 6) is 0.825. The van der Waals surface area contributed by atoms with E-state index in [-0.39, 0.29) is 6.04 Å². The molecule has 1 aromatic rings. The number of benzene rings is 1. The van der Waals surface area contributed by atoms with Gasteiger partial charge < -0.3 is 15.4 Å². The van der Waals surface area contributed by atoms with E-state index in [9.17, 15) is 0 Å². The molecular formula is C15H24ClN3O. The van der Waals surface area contributed by atoms with E-state index >= 15 is 0 Å². The summed E-state index contributed by atoms with van der Waals surface area (Å²) in [6.45, 7) is 4.79. The first-order valence-corrected chi connectivity index (χ1v) is 7.50. The van der Waals surface area contributed by atoms with Gasteiger partial charge in [-0.1, -0.05) is 17.7 Å². The minimum absolute atomic E-state index is 0.116. The van der Waals surface area contributed by atoms with Crippen molar-refractivity contribution in [2.45, 2.75) is 12.5 Å². The van der Waals surface area contributed by atoms with Crippen molar-refractivity contribution in [1.82, 2.24) is 9.80 Å². The molecule has 112 valence electrons. The Morgan fingerprint density at radius 2 is 2.10 bits per heavy atom. The molecule has 1 saturated heterocycles. The van der Waals surface area contributed by atoms with Crippen molar-refractivity contribution < 1.29 is 4.74 Å². The van der Waals surface area contributed by atoms with Crippen LogP contribution in [0.2, 0.25) is 5.02 Å². The Hall–Kier alpha value is -0.810. The molecule has 1 aromatic carbocycles. The van der Waals surface area contributed by atoms with E-state index in [0.29, 0.717) is 6.54 Å². The first-order valence-electron chi connectivity index (χ1n) is 7.12. The van der Waals surface area contributed by atoms with Gasteiger partial charge in [0.05, 0.1) is 13.2 Å². The predicted molar refractivity (Wildman–Crippen MR) is 83.5 cm³/mol. The smallest absolute Gasteiger partial charge is 0.125 e. The zero-order valence-corrected chi connectivity index (χ0v) is 13.1. The van der Waals surface area contributed by atoms with Crippen molar-refractivity contribution >= 4 is 11.6 Å². The maximum Gasteiger partial charge on any atom is 0.125 e. The summed E-state index contributed by atoms with van der Waals surface area (Å²) in [5.41, 5.74) is 7.06. The normalized spacial score (nSPS) is 19.6. The van der Waals surface area contributed by atoms with Crippen molar-refractivity contribution in [3.63, 3.8) is 0 Å². The van der Waals surface area contributed by atoms with Crippen LogP contribution < -0.4 is 10.5 Å². The van der Waals surface area contributed by atoms with Gasteiger partial charge in [-0.15, -0.1) is 0 Å². The quantitative estimate of drug-likeness (QED) is 0.923. The highest BCUT2D eigenvalue weighted by Gasteiger charge is 2.25. The monoisotopic (exact) mass is 297 g/mol. The van der Waals surface area contributed by atoms with E-state index in [1.54, 1.807) is 7.11 Å². The standard InChI is InChI=1S/C15H24ClN3O/c1-18-7-4-8-19(10-9-18)13(11-17)15-12(16)5-3-6-14(15)20-2/h3,5-6,13H,4,7-11,17H2,1-2H3. The molecule has 0 radical (unpaired) electrons. The molecule has 1 fully saturated rings. The van der Waals surface area contributed by atoms with Crippen molar-refractivity contribution in [2.75, 3.05) is 46.9 Å². The van der Waals surface area contributed by atoms with E-state index in [2.05, 4.69) is 16.8 Å². The molecule has 1 aliphatic heterocycles. The van der Waals surface area contributed by atoms with Crippen LogP contribution in [-0.4, -0.2) is 56.7 Å². The highest BCUT2D eigenvalue weighted by atomic mass is 35.5. The van der Waals surface area contributed by atoms with Gasteiger partial charge in [0.25, 0.3) is 0 Å². The first-order chi connectivity index (χ1) is 9.67. The molecule has 0 amide bonds. The first kappa shape index (κ1) is 15.6. The fourth-order valence-electron chi connectivity index (χ4n) is 2.85. The van der Waals surface area contributed by atoms with E-state index in [4.69, 9.17) is 22.1 Å². The number of nitrogens with two attached hydrogens (primary N) is 1. The summed E-state index contributed by atoms with van der Waals surface area (Å²) in [6, 6.07) is 5.89. The van der Waals surface area contributed by atoms with Crippen LogP contribution in [0.5, 0.6) is 5.75 Å². The fourth-order valence-corrected chi connectivity index (χ4v) is 3.14. The van der Waals surface area contributed by atoms with Crippen molar-refractivity contribution in [3.05, 3.63) is 28.8 Å². The molecule has 0 aliphatic carbocycles. The summed E-state index contributed by atoms with van der Waals surface area (Å²) in [6.07, 6.45) is 1.15. The SMILES string of the molecule is COc1cccc(Cl)c1C(CN)N1CCCN(C)CC1. The van der Waals surface area contributed by atoms with Crippen molar-refractivity contribution in [2.24, 2.45) is 5.73 Å². The van der Waals surface area contributed by atoms with Crippen LogP contribution in [0.3, 0.4) is 0 Å². The van der Waals surface area contributed by atoms with Crippen LogP contribution in [0.25, 0.3) is 0 Å². The van der Waals surface area contributed by atoms with Gasteiger partial charge >= 0.3 is 0 Å². The van der Waals surface area contributed by atoms with Gasteiger partial charge in [0.2, 0.25) is 0 Å². The Kier molecular flexibility index (Phi) is 5.66. The second-order valence-electron chi connectivity index (χ2n) is 5.30. The van der Waals surface area contributed by atoms with Crippen LogP contribution in [0, 0.1) is 0 Å². The number of methoxy groups -OCH3 is 1. The second kappa shape index (κ2) is 7.27. The Balaban J connectivity index is 2.27. The van der Waals surface area contributed by atoms with Gasteiger partial charge in [0.1, 0.15) is 5.75 Å². The van der Waals surface area contributed by atoms with E-state index < -0.39 is 0 Å². The molecule has 4 nitrogen and oxygen atoms in total. The molecule has 20 heavy (non-hydrogen) atoms. The van der Waals surface area contributed by atoms with Crippen LogP contribution >= 0.6 is 11.6 Å². The molecule has 0 bridgehead atoms. The number of likely N-dealkylation sites (N-methyl/N-ethyl adjacent to an activating group) is 1. The van der Waals surface area contributed by atoms with Gasteiger partial charge in [-0.2, -0.15) is 0 Å². The third kappa shape index (κ3) is 3.44. The van der Waals surface area contributed by atoms with Gasteiger partial charge in [-0.25, -0.2) is 0 Å². The van der Waals surface area contributed by atoms with Crippen molar-refractivity contribution in [3.8, 4) is 5.75 Å². The number of hydrogen-bond donors (Lipinski definition) is 1. The third-order valence-corrected chi connectivity index (χ3v) is 4.31. The number of rotatable bonds is 4. The Bertz CT molecular complexity index is 441. The van der Waals surface area contributed by atoms with E-state index in [1.165, 1.54) is 0 Å². The minimum Gasteiger partial charge on any atom is -0.496 e. The number of ether oxygens (including phenoxy) is 1. The predicted octanol–water partition coefficient (Wildman–Crippen LogP) is 1.99. The average molecular weight is 298 g/mol.